The molecule has 1 unspecified atom stereocenters. The molecule has 0 fully saturated rings. The lowest BCUT2D eigenvalue weighted by Crippen LogP contribution is -2.00. The first-order valence-corrected chi connectivity index (χ1v) is 7.07. The monoisotopic (exact) mass is 323 g/mol. The van der Waals surface area contributed by atoms with Crippen LogP contribution in [0.3, 0.4) is 0 Å². The van der Waals surface area contributed by atoms with Crippen molar-refractivity contribution < 1.29 is 14.6 Å². The Hall–Kier alpha value is -3.32. The third-order valence-corrected chi connectivity index (χ3v) is 3.48. The van der Waals surface area contributed by atoms with Gasteiger partial charge in [-0.3, -0.25) is 10.1 Å². The maximum atomic E-state index is 10.7. The second-order valence-corrected chi connectivity index (χ2v) is 5.07. The molecule has 3 rings (SSSR count). The zero-order valence-electron chi connectivity index (χ0n) is 12.5. The van der Waals surface area contributed by atoms with E-state index in [0.29, 0.717) is 11.1 Å². The summed E-state index contributed by atoms with van der Waals surface area (Å²) in [5, 5.41) is 24.8. The number of hydrogen-bond acceptors (Lipinski definition) is 6. The van der Waals surface area contributed by atoms with Gasteiger partial charge in [0.2, 0.25) is 5.82 Å². The molecule has 0 radical (unpaired) electrons. The number of non-ortho nitro benzene ring substituents is 1. The fraction of sp³-hybridized carbons (Fsp3) is 0.0588. The second kappa shape index (κ2) is 6.43. The van der Waals surface area contributed by atoms with Crippen molar-refractivity contribution in [1.29, 1.82) is 0 Å². The van der Waals surface area contributed by atoms with Crippen LogP contribution in [0.1, 0.15) is 17.6 Å². The summed E-state index contributed by atoms with van der Waals surface area (Å²) in [5.74, 6) is 0.376. The number of aliphatic hydroxyl groups excluding tert-OH is 1. The van der Waals surface area contributed by atoms with E-state index in [0.717, 1.165) is 0 Å². The van der Waals surface area contributed by atoms with Gasteiger partial charge in [0.15, 0.2) is 0 Å². The van der Waals surface area contributed by atoms with Crippen molar-refractivity contribution in [3.05, 3.63) is 82.7 Å². The molecule has 0 saturated carbocycles. The first-order valence-electron chi connectivity index (χ1n) is 7.07. The van der Waals surface area contributed by atoms with Crippen LogP contribution in [0, 0.1) is 10.1 Å². The van der Waals surface area contributed by atoms with E-state index < -0.39 is 11.0 Å². The first-order chi connectivity index (χ1) is 11.6. The van der Waals surface area contributed by atoms with Crippen LogP contribution in [0.15, 0.2) is 65.7 Å². The summed E-state index contributed by atoms with van der Waals surface area (Å²) in [5.41, 5.74) is 1.49. The topological polar surface area (TPSA) is 102 Å². The van der Waals surface area contributed by atoms with Crippen LogP contribution in [0.5, 0.6) is 0 Å². The van der Waals surface area contributed by atoms with E-state index in [1.807, 2.05) is 18.2 Å². The van der Waals surface area contributed by atoms with E-state index in [2.05, 4.69) is 16.7 Å². The van der Waals surface area contributed by atoms with E-state index in [4.69, 9.17) is 4.52 Å². The largest absolute Gasteiger partial charge is 0.383 e. The lowest BCUT2D eigenvalue weighted by molar-refractivity contribution is -0.384. The highest BCUT2D eigenvalue weighted by molar-refractivity contribution is 5.64. The smallest absolute Gasteiger partial charge is 0.269 e. The summed E-state index contributed by atoms with van der Waals surface area (Å²) in [4.78, 5) is 14.4. The molecule has 3 aromatic rings. The average Bonchev–Trinajstić information content (AvgIpc) is 3.11. The molecule has 0 bridgehead atoms. The van der Waals surface area contributed by atoms with Crippen LogP contribution >= 0.6 is 0 Å². The summed E-state index contributed by atoms with van der Waals surface area (Å²) in [6.45, 7) is 3.81. The normalized spacial score (nSPS) is 11.9. The van der Waals surface area contributed by atoms with Crippen molar-refractivity contribution in [2.45, 2.75) is 6.10 Å². The highest BCUT2D eigenvalue weighted by Crippen LogP contribution is 2.29. The molecule has 0 aliphatic rings. The van der Waals surface area contributed by atoms with E-state index in [9.17, 15) is 15.2 Å². The molecule has 0 aliphatic carbocycles. The predicted octanol–water partition coefficient (Wildman–Crippen LogP) is 3.39. The molecular formula is C17H13N3O4. The summed E-state index contributed by atoms with van der Waals surface area (Å²) in [6.07, 6.45) is -0.962. The van der Waals surface area contributed by atoms with Gasteiger partial charge in [-0.25, -0.2) is 0 Å². The Balaban J connectivity index is 1.82. The fourth-order valence-electron chi connectivity index (χ4n) is 2.16. The molecule has 1 N–H and O–H groups in total. The minimum atomic E-state index is -0.962. The number of nitro groups is 1. The van der Waals surface area contributed by atoms with Crippen molar-refractivity contribution in [2.75, 3.05) is 0 Å². The number of hydrogen-bond donors (Lipinski definition) is 1. The quantitative estimate of drug-likeness (QED) is 0.570. The van der Waals surface area contributed by atoms with Crippen LogP contribution in [-0.4, -0.2) is 20.2 Å². The van der Waals surface area contributed by atoms with Gasteiger partial charge >= 0.3 is 0 Å². The molecule has 7 nitrogen and oxygen atoms in total. The number of aliphatic hydroxyl groups is 1. The van der Waals surface area contributed by atoms with Crippen molar-refractivity contribution in [2.24, 2.45) is 0 Å². The fourth-order valence-corrected chi connectivity index (χ4v) is 2.16. The summed E-state index contributed by atoms with van der Waals surface area (Å²) < 4.78 is 5.15. The molecule has 120 valence electrons. The zero-order chi connectivity index (χ0) is 17.1. The molecular weight excluding hydrogens is 310 g/mol. The molecule has 0 aliphatic heterocycles. The van der Waals surface area contributed by atoms with Gasteiger partial charge in [-0.1, -0.05) is 42.1 Å². The third-order valence-electron chi connectivity index (χ3n) is 3.48. The maximum absolute atomic E-state index is 10.7. The van der Waals surface area contributed by atoms with Crippen molar-refractivity contribution in [1.82, 2.24) is 10.1 Å². The molecule has 1 heterocycles. The van der Waals surface area contributed by atoms with Crippen LogP contribution in [-0.2, 0) is 0 Å². The van der Waals surface area contributed by atoms with Gasteiger partial charge in [-0.2, -0.15) is 4.98 Å². The van der Waals surface area contributed by atoms with Crippen molar-refractivity contribution >= 4 is 11.3 Å². The second-order valence-electron chi connectivity index (χ2n) is 5.07. The Bertz CT molecular complexity index is 872. The van der Waals surface area contributed by atoms with Crippen LogP contribution < -0.4 is 0 Å². The van der Waals surface area contributed by atoms with Gasteiger partial charge in [0, 0.05) is 23.3 Å². The van der Waals surface area contributed by atoms with Crippen LogP contribution in [0.2, 0.25) is 0 Å². The van der Waals surface area contributed by atoms with Gasteiger partial charge in [-0.15, -0.1) is 0 Å². The molecule has 1 aromatic heterocycles. The van der Waals surface area contributed by atoms with E-state index >= 15 is 0 Å². The number of benzene rings is 2. The highest BCUT2D eigenvalue weighted by Gasteiger charge is 2.19. The number of nitro benzene ring substituents is 1. The van der Waals surface area contributed by atoms with Gasteiger partial charge in [0.05, 0.1) is 4.92 Å². The van der Waals surface area contributed by atoms with Gasteiger partial charge < -0.3 is 9.63 Å². The molecule has 24 heavy (non-hydrogen) atoms. The van der Waals surface area contributed by atoms with E-state index in [-0.39, 0.29) is 23.0 Å². The Morgan fingerprint density at radius 1 is 1.17 bits per heavy atom. The maximum Gasteiger partial charge on any atom is 0.269 e. The molecule has 1 atom stereocenters. The summed E-state index contributed by atoms with van der Waals surface area (Å²) in [6, 6.07) is 14.8. The van der Waals surface area contributed by atoms with E-state index in [1.165, 1.54) is 24.3 Å². The standard InChI is InChI=1S/C17H13N3O4/c1-11(15(21)12-5-3-2-4-6-12)17-18-16(19-24-17)13-7-9-14(10-8-13)20(22)23/h2-10,15,21H,1H2. The summed E-state index contributed by atoms with van der Waals surface area (Å²) >= 11 is 0. The van der Waals surface area contributed by atoms with Gasteiger partial charge in [-0.05, 0) is 17.7 Å². The number of rotatable bonds is 5. The number of aromatic nitrogens is 2. The molecule has 0 amide bonds. The molecule has 2 aromatic carbocycles. The lowest BCUT2D eigenvalue weighted by Gasteiger charge is -2.10. The zero-order valence-corrected chi connectivity index (χ0v) is 12.5. The van der Waals surface area contributed by atoms with E-state index in [1.54, 1.807) is 12.1 Å². The molecule has 0 saturated heterocycles. The Kier molecular flexibility index (Phi) is 4.17. The average molecular weight is 323 g/mol. The minimum absolute atomic E-state index is 0.0219. The van der Waals surface area contributed by atoms with Gasteiger partial charge in [0.25, 0.3) is 11.6 Å². The Labute approximate surface area is 137 Å². The van der Waals surface area contributed by atoms with Gasteiger partial charge in [0.1, 0.15) is 6.10 Å². The van der Waals surface area contributed by atoms with Crippen LogP contribution in [0.25, 0.3) is 17.0 Å². The van der Waals surface area contributed by atoms with Crippen LogP contribution in [0.4, 0.5) is 5.69 Å². The first kappa shape index (κ1) is 15.6. The third kappa shape index (κ3) is 3.06. The SMILES string of the molecule is C=C(c1nc(-c2ccc([N+](=O)[O-])cc2)no1)C(O)c1ccccc1. The predicted molar refractivity (Wildman–Crippen MR) is 86.8 cm³/mol. The Morgan fingerprint density at radius 2 is 1.83 bits per heavy atom. The molecule has 0 spiro atoms. The summed E-state index contributed by atoms with van der Waals surface area (Å²) in [7, 11) is 0. The highest BCUT2D eigenvalue weighted by atomic mass is 16.6. The lowest BCUT2D eigenvalue weighted by atomic mass is 10.0. The number of nitrogens with zero attached hydrogens (tertiary/aromatic N) is 3. The minimum Gasteiger partial charge on any atom is -0.383 e. The van der Waals surface area contributed by atoms with Crippen molar-refractivity contribution in [3.8, 4) is 11.4 Å². The molecule has 7 heteroatoms. The Morgan fingerprint density at radius 3 is 2.46 bits per heavy atom. The van der Waals surface area contributed by atoms with Crippen molar-refractivity contribution in [3.63, 3.8) is 0 Å².